The van der Waals surface area contributed by atoms with Gasteiger partial charge in [0.1, 0.15) is 4.77 Å². The maximum atomic E-state index is 14.6. The summed E-state index contributed by atoms with van der Waals surface area (Å²) in [6, 6.07) is 0. The fourth-order valence-electron chi connectivity index (χ4n) is 2.14. The first-order valence-electron chi connectivity index (χ1n) is 6.40. The second-order valence-corrected chi connectivity index (χ2v) is 6.66. The smallest absolute Gasteiger partial charge is 0.402 e. The molecule has 0 saturated carbocycles. The Morgan fingerprint density at radius 1 is 1.26 bits per heavy atom. The quantitative estimate of drug-likeness (QED) is 0.625. The van der Waals surface area contributed by atoms with Crippen molar-refractivity contribution in [1.82, 2.24) is 5.32 Å². The van der Waals surface area contributed by atoms with Crippen molar-refractivity contribution in [2.24, 2.45) is 0 Å². The van der Waals surface area contributed by atoms with Crippen LogP contribution in [0.3, 0.4) is 0 Å². The Morgan fingerprint density at radius 3 is 2.26 bits per heavy atom. The van der Waals surface area contributed by atoms with Crippen molar-refractivity contribution < 1.29 is 13.7 Å². The summed E-state index contributed by atoms with van der Waals surface area (Å²) in [6.45, 7) is 7.67. The SMILES string of the molecule is CNC1=CC=CC(Cl)(B2OC(C)(C)C(C)(C)O2)C1F. The van der Waals surface area contributed by atoms with Crippen LogP contribution in [0, 0.1) is 0 Å². The molecule has 0 aromatic carbocycles. The average Bonchev–Trinajstić information content (AvgIpc) is 2.53. The van der Waals surface area contributed by atoms with E-state index < -0.39 is 29.3 Å². The molecule has 1 aliphatic carbocycles. The van der Waals surface area contributed by atoms with Crippen LogP contribution < -0.4 is 5.32 Å². The summed E-state index contributed by atoms with van der Waals surface area (Å²) in [5, 5.41) is 2.81. The number of alkyl halides is 2. The topological polar surface area (TPSA) is 30.5 Å². The van der Waals surface area contributed by atoms with Crippen LogP contribution in [0.2, 0.25) is 0 Å². The minimum Gasteiger partial charge on any atom is -0.402 e. The van der Waals surface area contributed by atoms with E-state index in [1.807, 2.05) is 27.7 Å². The Hall–Kier alpha value is -0.515. The molecule has 106 valence electrons. The molecule has 1 fully saturated rings. The third kappa shape index (κ3) is 2.22. The van der Waals surface area contributed by atoms with E-state index in [0.29, 0.717) is 5.70 Å². The highest BCUT2D eigenvalue weighted by molar-refractivity contribution is 6.65. The van der Waals surface area contributed by atoms with Crippen molar-refractivity contribution in [3.8, 4) is 0 Å². The van der Waals surface area contributed by atoms with Gasteiger partial charge in [-0.05, 0) is 33.8 Å². The molecule has 0 bridgehead atoms. The van der Waals surface area contributed by atoms with Gasteiger partial charge in [0.15, 0.2) is 6.17 Å². The Labute approximate surface area is 119 Å². The van der Waals surface area contributed by atoms with Gasteiger partial charge in [-0.3, -0.25) is 0 Å². The second-order valence-electron chi connectivity index (χ2n) is 6.01. The summed E-state index contributed by atoms with van der Waals surface area (Å²) >= 11 is 6.47. The van der Waals surface area contributed by atoms with E-state index >= 15 is 0 Å². The highest BCUT2D eigenvalue weighted by atomic mass is 35.5. The summed E-state index contributed by atoms with van der Waals surface area (Å²) in [4.78, 5) is 0. The van der Waals surface area contributed by atoms with Gasteiger partial charge < -0.3 is 14.6 Å². The van der Waals surface area contributed by atoms with Gasteiger partial charge in [-0.15, -0.1) is 11.6 Å². The first-order valence-corrected chi connectivity index (χ1v) is 6.77. The predicted molar refractivity (Wildman–Crippen MR) is 75.8 cm³/mol. The van der Waals surface area contributed by atoms with Crippen molar-refractivity contribution in [1.29, 1.82) is 0 Å². The van der Waals surface area contributed by atoms with E-state index in [4.69, 9.17) is 20.9 Å². The van der Waals surface area contributed by atoms with Gasteiger partial charge >= 0.3 is 7.12 Å². The van der Waals surface area contributed by atoms with Crippen LogP contribution in [0.4, 0.5) is 4.39 Å². The van der Waals surface area contributed by atoms with Gasteiger partial charge in [0, 0.05) is 12.7 Å². The number of nitrogens with one attached hydrogen (secondary N) is 1. The maximum absolute atomic E-state index is 14.6. The molecule has 2 unspecified atom stereocenters. The molecule has 0 aromatic heterocycles. The van der Waals surface area contributed by atoms with Crippen LogP contribution in [-0.4, -0.2) is 36.3 Å². The molecule has 0 aromatic rings. The van der Waals surface area contributed by atoms with E-state index in [0.717, 1.165) is 0 Å². The van der Waals surface area contributed by atoms with E-state index in [-0.39, 0.29) is 0 Å². The van der Waals surface area contributed by atoms with Gasteiger partial charge in [-0.25, -0.2) is 4.39 Å². The molecule has 2 rings (SSSR count). The van der Waals surface area contributed by atoms with Crippen molar-refractivity contribution >= 4 is 18.7 Å². The summed E-state index contributed by atoms with van der Waals surface area (Å²) in [5.74, 6) is 0. The fourth-order valence-corrected chi connectivity index (χ4v) is 2.42. The van der Waals surface area contributed by atoms with Crippen LogP contribution in [0.5, 0.6) is 0 Å². The Morgan fingerprint density at radius 2 is 1.79 bits per heavy atom. The number of allylic oxidation sites excluding steroid dienone is 4. The summed E-state index contributed by atoms with van der Waals surface area (Å²) in [7, 11) is 0.835. The van der Waals surface area contributed by atoms with Crippen molar-refractivity contribution in [3.05, 3.63) is 23.9 Å². The largest absolute Gasteiger partial charge is 0.488 e. The summed E-state index contributed by atoms with van der Waals surface area (Å²) in [6.07, 6.45) is 3.58. The molecule has 3 nitrogen and oxygen atoms in total. The van der Waals surface area contributed by atoms with E-state index in [9.17, 15) is 4.39 Å². The monoisotopic (exact) mass is 287 g/mol. The number of hydrogen-bond donors (Lipinski definition) is 1. The maximum Gasteiger partial charge on any atom is 0.488 e. The van der Waals surface area contributed by atoms with Crippen LogP contribution in [0.1, 0.15) is 27.7 Å². The van der Waals surface area contributed by atoms with Crippen molar-refractivity contribution in [2.45, 2.75) is 49.8 Å². The molecular weight excluding hydrogens is 267 g/mol. The van der Waals surface area contributed by atoms with Gasteiger partial charge in [-0.1, -0.05) is 12.2 Å². The first-order chi connectivity index (χ1) is 8.64. The standard InChI is InChI=1S/C13H20BClFNO2/c1-11(2)12(3,4)19-14(18-11)13(15)8-6-7-9(17-5)10(13)16/h6-8,10,17H,1-5H3. The Bertz CT molecular complexity index is 422. The lowest BCUT2D eigenvalue weighted by Crippen LogP contribution is -2.52. The normalized spacial score (nSPS) is 36.3. The van der Waals surface area contributed by atoms with Crippen LogP contribution in [0.25, 0.3) is 0 Å². The zero-order valence-electron chi connectivity index (χ0n) is 12.0. The zero-order valence-corrected chi connectivity index (χ0v) is 12.7. The number of hydrogen-bond acceptors (Lipinski definition) is 3. The molecule has 2 atom stereocenters. The van der Waals surface area contributed by atoms with Crippen molar-refractivity contribution in [3.63, 3.8) is 0 Å². The molecule has 2 aliphatic rings. The van der Waals surface area contributed by atoms with Crippen LogP contribution in [0.15, 0.2) is 23.9 Å². The lowest BCUT2D eigenvalue weighted by molar-refractivity contribution is 0.00578. The van der Waals surface area contributed by atoms with Crippen LogP contribution in [-0.2, 0) is 9.31 Å². The highest BCUT2D eigenvalue weighted by Crippen LogP contribution is 2.45. The summed E-state index contributed by atoms with van der Waals surface area (Å²) in [5.41, 5.74) is -0.644. The molecule has 1 saturated heterocycles. The fraction of sp³-hybridized carbons (Fsp3) is 0.692. The molecule has 1 N–H and O–H groups in total. The lowest BCUT2D eigenvalue weighted by atomic mass is 9.66. The second kappa shape index (κ2) is 4.50. The minimum atomic E-state index is -1.40. The summed E-state index contributed by atoms with van der Waals surface area (Å²) < 4.78 is 25.0. The van der Waals surface area contributed by atoms with Gasteiger partial charge in [-0.2, -0.15) is 0 Å². The number of rotatable bonds is 2. The van der Waals surface area contributed by atoms with Crippen LogP contribution >= 0.6 is 11.6 Å². The molecule has 0 radical (unpaired) electrons. The molecule has 19 heavy (non-hydrogen) atoms. The molecular formula is C13H20BClFNO2. The van der Waals surface area contributed by atoms with E-state index in [1.165, 1.54) is 0 Å². The van der Waals surface area contributed by atoms with E-state index in [2.05, 4.69) is 5.32 Å². The highest BCUT2D eigenvalue weighted by Gasteiger charge is 2.62. The molecule has 1 aliphatic heterocycles. The minimum absolute atomic E-state index is 0.423. The molecule has 0 spiro atoms. The first kappa shape index (κ1) is 14.9. The third-order valence-corrected chi connectivity index (χ3v) is 4.69. The Balaban J connectivity index is 2.29. The van der Waals surface area contributed by atoms with Gasteiger partial charge in [0.05, 0.1) is 11.2 Å². The van der Waals surface area contributed by atoms with Crippen molar-refractivity contribution in [2.75, 3.05) is 7.05 Å². The third-order valence-electron chi connectivity index (χ3n) is 4.19. The number of halogens is 2. The van der Waals surface area contributed by atoms with Gasteiger partial charge in [0.2, 0.25) is 0 Å². The van der Waals surface area contributed by atoms with Gasteiger partial charge in [0.25, 0.3) is 0 Å². The average molecular weight is 288 g/mol. The molecule has 1 heterocycles. The van der Waals surface area contributed by atoms with E-state index in [1.54, 1.807) is 25.3 Å². The molecule has 0 amide bonds. The Kier molecular flexibility index (Phi) is 3.53. The molecule has 6 heteroatoms. The lowest BCUT2D eigenvalue weighted by Gasteiger charge is -2.32. The predicted octanol–water partition coefficient (Wildman–Crippen LogP) is 2.61. The zero-order chi connectivity index (χ0) is 14.5.